The molecule has 4 rings (SSSR count). The van der Waals surface area contributed by atoms with E-state index in [4.69, 9.17) is 9.26 Å². The van der Waals surface area contributed by atoms with E-state index in [1.165, 1.54) is 0 Å². The van der Waals surface area contributed by atoms with Gasteiger partial charge in [-0.1, -0.05) is 5.16 Å². The first-order chi connectivity index (χ1) is 12.5. The number of aryl methyl sites for hydroxylation is 1. The Morgan fingerprint density at radius 2 is 2.08 bits per heavy atom. The molecule has 1 aliphatic heterocycles. The van der Waals surface area contributed by atoms with Gasteiger partial charge in [0.05, 0.1) is 41.8 Å². The van der Waals surface area contributed by atoms with E-state index in [9.17, 15) is 5.11 Å². The summed E-state index contributed by atoms with van der Waals surface area (Å²) in [7, 11) is 0. The van der Waals surface area contributed by atoms with Crippen LogP contribution in [0.15, 0.2) is 16.8 Å². The van der Waals surface area contributed by atoms with Gasteiger partial charge < -0.3 is 24.3 Å². The Bertz CT molecular complexity index is 941. The minimum absolute atomic E-state index is 0.0290. The molecule has 3 heterocycles. The van der Waals surface area contributed by atoms with Crippen LogP contribution in [-0.4, -0.2) is 45.5 Å². The van der Waals surface area contributed by atoms with E-state index in [1.807, 2.05) is 25.7 Å². The number of hydrogen-bond donors (Lipinski definition) is 2. The topological polar surface area (TPSA) is 87.4 Å². The highest BCUT2D eigenvalue weighted by atomic mass is 19.1. The third-order valence-electron chi connectivity index (χ3n) is 4.62. The molecule has 0 unspecified atom stereocenters. The van der Waals surface area contributed by atoms with E-state index in [0.29, 0.717) is 41.1 Å². The molecule has 7 nitrogen and oxygen atoms in total. The first kappa shape index (κ1) is 17.0. The van der Waals surface area contributed by atoms with Crippen molar-refractivity contribution in [1.82, 2.24) is 15.1 Å². The fourth-order valence-corrected chi connectivity index (χ4v) is 3.64. The monoisotopic (exact) mass is 360 g/mol. The van der Waals surface area contributed by atoms with Gasteiger partial charge in [-0.05, 0) is 26.8 Å². The number of nitrogens with one attached hydrogen (secondary N) is 1. The maximum Gasteiger partial charge on any atom is 0.205 e. The normalized spacial score (nSPS) is 20.9. The number of nitrogens with zero attached hydrogens (tertiary/aromatic N) is 3. The molecule has 1 saturated heterocycles. The smallest absolute Gasteiger partial charge is 0.205 e. The fourth-order valence-electron chi connectivity index (χ4n) is 3.64. The van der Waals surface area contributed by atoms with Crippen LogP contribution in [-0.2, 0) is 11.3 Å². The maximum atomic E-state index is 15.3. The number of halogens is 1. The Balaban J connectivity index is 1.86. The SMILES string of the molecule is Cc1ncc(-c2noc3c(F)c(N4C[C@@H](C)O[C@@H](C)C4)c(CO)cc23)[nH]1. The highest BCUT2D eigenvalue weighted by Crippen LogP contribution is 2.37. The molecule has 0 radical (unpaired) electrons. The molecular weight excluding hydrogens is 339 g/mol. The molecule has 2 aromatic heterocycles. The van der Waals surface area contributed by atoms with Crippen LogP contribution in [0.4, 0.5) is 10.1 Å². The number of morpholine rings is 1. The number of aromatic nitrogens is 3. The molecule has 2 N–H and O–H groups in total. The Labute approximate surface area is 149 Å². The van der Waals surface area contributed by atoms with Gasteiger partial charge in [0.25, 0.3) is 0 Å². The van der Waals surface area contributed by atoms with Crippen molar-refractivity contribution in [2.45, 2.75) is 39.6 Å². The molecule has 8 heteroatoms. The number of hydrogen-bond acceptors (Lipinski definition) is 6. The number of H-pyrrole nitrogens is 1. The quantitative estimate of drug-likeness (QED) is 0.747. The third-order valence-corrected chi connectivity index (χ3v) is 4.62. The van der Waals surface area contributed by atoms with Gasteiger partial charge in [0, 0.05) is 18.7 Å². The van der Waals surface area contributed by atoms with Gasteiger partial charge in [-0.2, -0.15) is 0 Å². The second-order valence-corrected chi connectivity index (χ2v) is 6.81. The largest absolute Gasteiger partial charge is 0.392 e. The van der Waals surface area contributed by atoms with Crippen LogP contribution in [0.3, 0.4) is 0 Å². The summed E-state index contributed by atoms with van der Waals surface area (Å²) in [6.45, 7) is 6.52. The Hall–Kier alpha value is -2.45. The highest BCUT2D eigenvalue weighted by Gasteiger charge is 2.29. The zero-order valence-corrected chi connectivity index (χ0v) is 14.9. The number of anilines is 1. The van der Waals surface area contributed by atoms with Gasteiger partial charge in [-0.25, -0.2) is 9.37 Å². The third kappa shape index (κ3) is 2.75. The van der Waals surface area contributed by atoms with Crippen molar-refractivity contribution in [3.63, 3.8) is 0 Å². The molecule has 0 amide bonds. The molecule has 0 saturated carbocycles. The van der Waals surface area contributed by atoms with Crippen LogP contribution in [0.5, 0.6) is 0 Å². The number of aliphatic hydroxyl groups excluding tert-OH is 1. The Morgan fingerprint density at radius 1 is 1.35 bits per heavy atom. The average Bonchev–Trinajstić information content (AvgIpc) is 3.19. The fraction of sp³-hybridized carbons (Fsp3) is 0.444. The zero-order valence-electron chi connectivity index (χ0n) is 14.9. The van der Waals surface area contributed by atoms with E-state index in [-0.39, 0.29) is 24.4 Å². The summed E-state index contributed by atoms with van der Waals surface area (Å²) < 4.78 is 26.4. The predicted molar refractivity (Wildman–Crippen MR) is 94.4 cm³/mol. The lowest BCUT2D eigenvalue weighted by Gasteiger charge is -2.37. The average molecular weight is 360 g/mol. The summed E-state index contributed by atoms with van der Waals surface area (Å²) in [4.78, 5) is 9.13. The maximum absolute atomic E-state index is 15.3. The van der Waals surface area contributed by atoms with Gasteiger partial charge in [0.15, 0.2) is 5.82 Å². The second-order valence-electron chi connectivity index (χ2n) is 6.81. The molecule has 138 valence electrons. The summed E-state index contributed by atoms with van der Waals surface area (Å²) >= 11 is 0. The zero-order chi connectivity index (χ0) is 18.4. The van der Waals surface area contributed by atoms with Crippen LogP contribution in [0.1, 0.15) is 25.2 Å². The summed E-state index contributed by atoms with van der Waals surface area (Å²) in [6, 6.07) is 1.74. The molecule has 2 atom stereocenters. The number of benzene rings is 1. The Kier molecular flexibility index (Phi) is 4.16. The van der Waals surface area contributed by atoms with Gasteiger partial charge >= 0.3 is 0 Å². The van der Waals surface area contributed by atoms with E-state index in [2.05, 4.69) is 15.1 Å². The van der Waals surface area contributed by atoms with Crippen LogP contribution in [0.25, 0.3) is 22.4 Å². The molecule has 0 bridgehead atoms. The van der Waals surface area contributed by atoms with E-state index in [0.717, 1.165) is 5.82 Å². The van der Waals surface area contributed by atoms with Crippen LogP contribution in [0, 0.1) is 12.7 Å². The molecule has 1 aromatic carbocycles. The number of fused-ring (bicyclic) bond motifs is 1. The number of ether oxygens (including phenoxy) is 1. The highest BCUT2D eigenvalue weighted by molar-refractivity contribution is 5.94. The summed E-state index contributed by atoms with van der Waals surface area (Å²) in [5.74, 6) is 0.217. The van der Waals surface area contributed by atoms with E-state index >= 15 is 4.39 Å². The molecular formula is C18H21FN4O3. The van der Waals surface area contributed by atoms with Crippen molar-refractivity contribution in [3.05, 3.63) is 29.5 Å². The minimum Gasteiger partial charge on any atom is -0.392 e. The molecule has 1 fully saturated rings. The van der Waals surface area contributed by atoms with E-state index in [1.54, 1.807) is 12.3 Å². The molecule has 26 heavy (non-hydrogen) atoms. The van der Waals surface area contributed by atoms with Crippen molar-refractivity contribution in [3.8, 4) is 11.4 Å². The first-order valence-electron chi connectivity index (χ1n) is 8.62. The number of imidazole rings is 1. The number of aromatic amines is 1. The van der Waals surface area contributed by atoms with Gasteiger partial charge in [-0.15, -0.1) is 0 Å². The number of aliphatic hydroxyl groups is 1. The standard InChI is InChI=1S/C18H21FN4O3/c1-9-6-23(7-10(2)25-9)17-12(8-24)4-13-16(14-5-20-11(3)21-14)22-26-18(13)15(17)19/h4-5,9-10,24H,6-8H2,1-3H3,(H,20,21)/t9-,10+. The lowest BCUT2D eigenvalue weighted by Crippen LogP contribution is -2.46. The summed E-state index contributed by atoms with van der Waals surface area (Å²) in [5, 5.41) is 14.4. The lowest BCUT2D eigenvalue weighted by molar-refractivity contribution is -0.00549. The molecule has 1 aliphatic rings. The molecule has 0 aliphatic carbocycles. The summed E-state index contributed by atoms with van der Waals surface area (Å²) in [5.41, 5.74) is 2.05. The minimum atomic E-state index is -0.511. The van der Waals surface area contributed by atoms with E-state index < -0.39 is 5.82 Å². The van der Waals surface area contributed by atoms with Gasteiger partial charge in [0.1, 0.15) is 11.5 Å². The van der Waals surface area contributed by atoms with Crippen LogP contribution >= 0.6 is 0 Å². The van der Waals surface area contributed by atoms with Crippen molar-refractivity contribution in [2.75, 3.05) is 18.0 Å². The van der Waals surface area contributed by atoms with Crippen molar-refractivity contribution >= 4 is 16.7 Å². The lowest BCUT2D eigenvalue weighted by atomic mass is 10.0. The molecule has 3 aromatic rings. The van der Waals surface area contributed by atoms with Gasteiger partial charge in [-0.3, -0.25) is 0 Å². The van der Waals surface area contributed by atoms with Crippen LogP contribution < -0.4 is 4.90 Å². The Morgan fingerprint density at radius 3 is 2.69 bits per heavy atom. The first-order valence-corrected chi connectivity index (χ1v) is 8.62. The van der Waals surface area contributed by atoms with Gasteiger partial charge in [0.2, 0.25) is 5.58 Å². The van der Waals surface area contributed by atoms with Crippen molar-refractivity contribution in [2.24, 2.45) is 0 Å². The second kappa shape index (κ2) is 6.37. The molecule has 0 spiro atoms. The van der Waals surface area contributed by atoms with Crippen LogP contribution in [0.2, 0.25) is 0 Å². The summed E-state index contributed by atoms with van der Waals surface area (Å²) in [6.07, 6.45) is 1.57. The van der Waals surface area contributed by atoms with Crippen molar-refractivity contribution in [1.29, 1.82) is 0 Å². The predicted octanol–water partition coefficient (Wildman–Crippen LogP) is 2.77. The number of rotatable bonds is 3. The van der Waals surface area contributed by atoms with Crippen molar-refractivity contribution < 1.29 is 18.8 Å².